The van der Waals surface area contributed by atoms with Crippen LogP contribution in [0.25, 0.3) is 21.9 Å². The molecule has 0 amide bonds. The molecule has 0 fully saturated rings. The van der Waals surface area contributed by atoms with Crippen molar-refractivity contribution in [2.75, 3.05) is 0 Å². The fourth-order valence-corrected chi connectivity index (χ4v) is 2.88. The number of aromatic nitrogens is 6. The quantitative estimate of drug-likeness (QED) is 0.744. The molecule has 0 aromatic carbocycles. The van der Waals surface area contributed by atoms with Gasteiger partial charge < -0.3 is 4.98 Å². The van der Waals surface area contributed by atoms with Crippen LogP contribution < -0.4 is 11.2 Å². The summed E-state index contributed by atoms with van der Waals surface area (Å²) in [7, 11) is 0. The number of fused-ring (bicyclic) bond motifs is 1. The summed E-state index contributed by atoms with van der Waals surface area (Å²) in [6.45, 7) is 4.31. The van der Waals surface area contributed by atoms with Gasteiger partial charge in [-0.1, -0.05) is 17.8 Å². The molecule has 0 saturated heterocycles. The van der Waals surface area contributed by atoms with Gasteiger partial charge in [-0.05, 0) is 24.9 Å². The molecule has 0 radical (unpaired) electrons. The number of H-pyrrole nitrogens is 2. The highest BCUT2D eigenvalue weighted by Crippen LogP contribution is 2.25. The van der Waals surface area contributed by atoms with Crippen molar-refractivity contribution in [2.45, 2.75) is 33.2 Å². The maximum Gasteiger partial charge on any atom is 0.330 e. The lowest BCUT2D eigenvalue weighted by atomic mass is 10.2. The minimum absolute atomic E-state index is 0.294. The summed E-state index contributed by atoms with van der Waals surface area (Å²) in [6.07, 6.45) is 1.73. The highest BCUT2D eigenvalue weighted by atomic mass is 32.1. The predicted molar refractivity (Wildman–Crippen MR) is 79.5 cm³/mol. The van der Waals surface area contributed by atoms with Gasteiger partial charge in [0.1, 0.15) is 10.4 Å². The number of nitrogens with zero attached hydrogens (tertiary/aromatic N) is 4. The number of hydrogen-bond acceptors (Lipinski definition) is 6. The van der Waals surface area contributed by atoms with Gasteiger partial charge in [-0.2, -0.15) is 0 Å². The standard InChI is InChI=1S/C12H14N6O2S/c1-3-5-6-8(21-17-16-6)9-13-7-10(14-9)18(4-2)12(20)15-11(7)19/h3-5H2,1-2H3,(H,13,14)(H,15,19,20). The maximum absolute atomic E-state index is 11.9. The van der Waals surface area contributed by atoms with Crippen molar-refractivity contribution in [1.82, 2.24) is 29.1 Å². The minimum Gasteiger partial charge on any atom is -0.331 e. The largest absolute Gasteiger partial charge is 0.331 e. The van der Waals surface area contributed by atoms with Gasteiger partial charge in [-0.3, -0.25) is 14.3 Å². The van der Waals surface area contributed by atoms with Crippen molar-refractivity contribution in [3.63, 3.8) is 0 Å². The van der Waals surface area contributed by atoms with Crippen LogP contribution in [0.4, 0.5) is 0 Å². The van der Waals surface area contributed by atoms with E-state index in [9.17, 15) is 9.59 Å². The van der Waals surface area contributed by atoms with E-state index in [4.69, 9.17) is 0 Å². The van der Waals surface area contributed by atoms with Crippen LogP contribution in [0.1, 0.15) is 26.0 Å². The number of aryl methyl sites for hydroxylation is 2. The van der Waals surface area contributed by atoms with E-state index in [0.29, 0.717) is 23.5 Å². The average molecular weight is 306 g/mol. The third-order valence-electron chi connectivity index (χ3n) is 3.21. The van der Waals surface area contributed by atoms with E-state index in [1.54, 1.807) is 0 Å². The van der Waals surface area contributed by atoms with Gasteiger partial charge in [0.2, 0.25) is 0 Å². The van der Waals surface area contributed by atoms with Gasteiger partial charge in [-0.15, -0.1) is 5.10 Å². The van der Waals surface area contributed by atoms with Crippen molar-refractivity contribution >= 4 is 22.7 Å². The Balaban J connectivity index is 2.26. The molecule has 0 aliphatic heterocycles. The maximum atomic E-state index is 11.9. The summed E-state index contributed by atoms with van der Waals surface area (Å²) < 4.78 is 5.37. The molecule has 0 bridgehead atoms. The van der Waals surface area contributed by atoms with Gasteiger partial charge in [-0.25, -0.2) is 9.78 Å². The number of imidazole rings is 1. The number of aromatic amines is 2. The molecule has 3 heterocycles. The fourth-order valence-electron chi connectivity index (χ4n) is 2.23. The molecule has 0 spiro atoms. The molecule has 3 rings (SSSR count). The van der Waals surface area contributed by atoms with E-state index in [0.717, 1.165) is 23.4 Å². The van der Waals surface area contributed by atoms with E-state index in [1.165, 1.54) is 16.1 Å². The predicted octanol–water partition coefficient (Wildman–Crippen LogP) is 0.904. The first-order chi connectivity index (χ1) is 10.2. The van der Waals surface area contributed by atoms with Crippen molar-refractivity contribution in [1.29, 1.82) is 0 Å². The molecule has 0 unspecified atom stereocenters. The highest BCUT2D eigenvalue weighted by molar-refractivity contribution is 7.09. The summed E-state index contributed by atoms with van der Waals surface area (Å²) in [5.41, 5.74) is 0.583. The van der Waals surface area contributed by atoms with E-state index in [1.807, 2.05) is 6.92 Å². The van der Waals surface area contributed by atoms with Crippen LogP contribution in [0, 0.1) is 0 Å². The Morgan fingerprint density at radius 2 is 2.05 bits per heavy atom. The lowest BCUT2D eigenvalue weighted by Gasteiger charge is -1.99. The van der Waals surface area contributed by atoms with Crippen molar-refractivity contribution in [3.05, 3.63) is 26.5 Å². The van der Waals surface area contributed by atoms with Gasteiger partial charge in [0.15, 0.2) is 11.5 Å². The Bertz CT molecular complexity index is 902. The molecule has 0 aliphatic rings. The Kier molecular flexibility index (Phi) is 3.42. The average Bonchev–Trinajstić information content (AvgIpc) is 3.06. The third-order valence-corrected chi connectivity index (χ3v) is 3.98. The highest BCUT2D eigenvalue weighted by Gasteiger charge is 2.17. The Labute approximate surface area is 123 Å². The van der Waals surface area contributed by atoms with Crippen molar-refractivity contribution < 1.29 is 0 Å². The second kappa shape index (κ2) is 5.24. The number of nitrogens with one attached hydrogen (secondary N) is 2. The Morgan fingerprint density at radius 3 is 2.76 bits per heavy atom. The van der Waals surface area contributed by atoms with Crippen LogP contribution in [0.5, 0.6) is 0 Å². The minimum atomic E-state index is -0.465. The molecular weight excluding hydrogens is 292 g/mol. The Hall–Kier alpha value is -2.29. The zero-order chi connectivity index (χ0) is 15.0. The summed E-state index contributed by atoms with van der Waals surface area (Å²) >= 11 is 1.23. The number of hydrogen-bond donors (Lipinski definition) is 2. The second-order valence-corrected chi connectivity index (χ2v) is 5.34. The second-order valence-electron chi connectivity index (χ2n) is 4.59. The smallest absolute Gasteiger partial charge is 0.330 e. The fraction of sp³-hybridized carbons (Fsp3) is 0.417. The summed E-state index contributed by atoms with van der Waals surface area (Å²) in [5.74, 6) is 0.529. The zero-order valence-electron chi connectivity index (χ0n) is 11.6. The van der Waals surface area contributed by atoms with Crippen LogP contribution in [0.2, 0.25) is 0 Å². The first-order valence-electron chi connectivity index (χ1n) is 6.70. The van der Waals surface area contributed by atoms with Gasteiger partial charge in [0.25, 0.3) is 5.56 Å². The molecule has 110 valence electrons. The lowest BCUT2D eigenvalue weighted by molar-refractivity contribution is 0.720. The van der Waals surface area contributed by atoms with E-state index >= 15 is 0 Å². The monoisotopic (exact) mass is 306 g/mol. The summed E-state index contributed by atoms with van der Waals surface area (Å²) in [6, 6.07) is 0. The van der Waals surface area contributed by atoms with Gasteiger partial charge >= 0.3 is 5.69 Å². The SMILES string of the molecule is CCCc1nnsc1-c1nc2c([nH]1)c(=O)[nH]c(=O)n2CC. The summed E-state index contributed by atoms with van der Waals surface area (Å²) in [5, 5.41) is 4.09. The third kappa shape index (κ3) is 2.19. The molecule has 21 heavy (non-hydrogen) atoms. The van der Waals surface area contributed by atoms with E-state index < -0.39 is 11.2 Å². The normalized spacial score (nSPS) is 11.3. The summed E-state index contributed by atoms with van der Waals surface area (Å²) in [4.78, 5) is 34.2. The van der Waals surface area contributed by atoms with Crippen molar-refractivity contribution in [3.8, 4) is 10.7 Å². The Morgan fingerprint density at radius 1 is 1.24 bits per heavy atom. The first kappa shape index (κ1) is 13.7. The van der Waals surface area contributed by atoms with E-state index in [-0.39, 0.29) is 0 Å². The molecule has 3 aromatic rings. The molecule has 2 N–H and O–H groups in total. The number of rotatable bonds is 4. The van der Waals surface area contributed by atoms with E-state index in [2.05, 4.69) is 31.5 Å². The molecule has 8 nitrogen and oxygen atoms in total. The zero-order valence-corrected chi connectivity index (χ0v) is 12.5. The van der Waals surface area contributed by atoms with Gasteiger partial charge in [0, 0.05) is 6.54 Å². The van der Waals surface area contributed by atoms with Crippen LogP contribution in [0.3, 0.4) is 0 Å². The van der Waals surface area contributed by atoms with Crippen LogP contribution in [-0.4, -0.2) is 29.1 Å². The molecule has 0 saturated carbocycles. The molecule has 0 aliphatic carbocycles. The molecule has 3 aromatic heterocycles. The molecular formula is C12H14N6O2S. The molecule has 0 atom stereocenters. The topological polar surface area (TPSA) is 109 Å². The van der Waals surface area contributed by atoms with Crippen LogP contribution in [0.15, 0.2) is 9.59 Å². The van der Waals surface area contributed by atoms with Crippen molar-refractivity contribution in [2.24, 2.45) is 0 Å². The van der Waals surface area contributed by atoms with Crippen LogP contribution >= 0.6 is 11.5 Å². The lowest BCUT2D eigenvalue weighted by Crippen LogP contribution is -2.29. The van der Waals surface area contributed by atoms with Crippen LogP contribution in [-0.2, 0) is 13.0 Å². The first-order valence-corrected chi connectivity index (χ1v) is 7.47. The molecule has 9 heteroatoms. The van der Waals surface area contributed by atoms with Gasteiger partial charge in [0.05, 0.1) is 5.69 Å².